The highest BCUT2D eigenvalue weighted by Crippen LogP contribution is 2.27. The molecule has 0 aliphatic carbocycles. The molecule has 0 spiro atoms. The third-order valence-corrected chi connectivity index (χ3v) is 5.56. The number of rotatable bonds is 8. The zero-order valence-electron chi connectivity index (χ0n) is 18.3. The highest BCUT2D eigenvalue weighted by atomic mass is 19.2. The van der Waals surface area contributed by atoms with Gasteiger partial charge >= 0.3 is 0 Å². The van der Waals surface area contributed by atoms with Gasteiger partial charge in [0.2, 0.25) is 0 Å². The van der Waals surface area contributed by atoms with Crippen molar-refractivity contribution in [3.05, 3.63) is 77.6 Å². The first-order valence-electron chi connectivity index (χ1n) is 10.9. The normalized spacial score (nSPS) is 11.8. The van der Waals surface area contributed by atoms with Crippen LogP contribution in [-0.2, 0) is 0 Å². The van der Waals surface area contributed by atoms with E-state index in [1.165, 1.54) is 6.07 Å². The number of likely N-dealkylation sites (N-methyl/N-ethyl adjacent to an activating group) is 1. The van der Waals surface area contributed by atoms with Gasteiger partial charge in [0.25, 0.3) is 0 Å². The van der Waals surface area contributed by atoms with Gasteiger partial charge in [-0.3, -0.25) is 0 Å². The van der Waals surface area contributed by atoms with Gasteiger partial charge in [-0.1, -0.05) is 50.3 Å². The molecule has 0 amide bonds. The second-order valence-electron chi connectivity index (χ2n) is 7.61. The number of anilines is 1. The van der Waals surface area contributed by atoms with Crippen LogP contribution in [0.25, 0.3) is 33.8 Å². The van der Waals surface area contributed by atoms with Crippen molar-refractivity contribution in [3.63, 3.8) is 0 Å². The van der Waals surface area contributed by atoms with Crippen molar-refractivity contribution in [2.24, 2.45) is 0 Å². The van der Waals surface area contributed by atoms with Gasteiger partial charge in [-0.25, -0.2) is 18.7 Å². The predicted octanol–water partition coefficient (Wildman–Crippen LogP) is 5.99. The van der Waals surface area contributed by atoms with Gasteiger partial charge < -0.3 is 10.2 Å². The standard InChI is InChI=1S/C26H26F2N4/c1-3-32(4-2)14-13-29-26-21-16-19-7-5-6-8-20(19)17-24(21)30-25(31-26)12-10-18-9-11-22(27)23(28)15-18/h5-12,15-17H,3-4,13-14H2,1-2H3,(H,29,30,31). The number of nitrogens with zero attached hydrogens (tertiary/aromatic N) is 3. The lowest BCUT2D eigenvalue weighted by Crippen LogP contribution is -2.28. The molecular formula is C26H26F2N4. The van der Waals surface area contributed by atoms with E-state index in [1.54, 1.807) is 12.2 Å². The van der Waals surface area contributed by atoms with E-state index in [2.05, 4.69) is 48.3 Å². The fourth-order valence-electron chi connectivity index (χ4n) is 3.70. The lowest BCUT2D eigenvalue weighted by Gasteiger charge is -2.18. The molecule has 1 aromatic heterocycles. The fourth-order valence-corrected chi connectivity index (χ4v) is 3.70. The topological polar surface area (TPSA) is 41.0 Å². The van der Waals surface area contributed by atoms with E-state index in [1.807, 2.05) is 12.1 Å². The van der Waals surface area contributed by atoms with Crippen LogP contribution in [0.2, 0.25) is 0 Å². The van der Waals surface area contributed by atoms with Crippen LogP contribution in [0.1, 0.15) is 25.2 Å². The molecule has 0 aliphatic rings. The maximum Gasteiger partial charge on any atom is 0.159 e. The Labute approximate surface area is 186 Å². The van der Waals surface area contributed by atoms with Gasteiger partial charge in [0.15, 0.2) is 17.5 Å². The van der Waals surface area contributed by atoms with E-state index in [-0.39, 0.29) is 0 Å². The molecule has 1 N–H and O–H groups in total. The summed E-state index contributed by atoms with van der Waals surface area (Å²) in [5.74, 6) is -0.479. The molecule has 0 unspecified atom stereocenters. The Kier molecular flexibility index (Phi) is 6.71. The maximum absolute atomic E-state index is 13.5. The molecule has 4 aromatic rings. The summed E-state index contributed by atoms with van der Waals surface area (Å²) in [5.41, 5.74) is 1.37. The summed E-state index contributed by atoms with van der Waals surface area (Å²) in [5, 5.41) is 6.65. The second-order valence-corrected chi connectivity index (χ2v) is 7.61. The van der Waals surface area contributed by atoms with E-state index < -0.39 is 11.6 Å². The third kappa shape index (κ3) is 4.92. The molecule has 32 heavy (non-hydrogen) atoms. The highest BCUT2D eigenvalue weighted by Gasteiger charge is 2.09. The Balaban J connectivity index is 1.71. The average Bonchev–Trinajstić information content (AvgIpc) is 2.81. The van der Waals surface area contributed by atoms with Crippen LogP contribution in [-0.4, -0.2) is 41.0 Å². The molecule has 1 heterocycles. The Morgan fingerprint density at radius 1 is 0.875 bits per heavy atom. The molecule has 3 aromatic carbocycles. The van der Waals surface area contributed by atoms with Gasteiger partial charge in [0, 0.05) is 18.5 Å². The van der Waals surface area contributed by atoms with E-state index in [0.29, 0.717) is 11.4 Å². The number of nitrogens with one attached hydrogen (secondary N) is 1. The first-order valence-corrected chi connectivity index (χ1v) is 10.9. The van der Waals surface area contributed by atoms with Gasteiger partial charge in [-0.15, -0.1) is 0 Å². The van der Waals surface area contributed by atoms with Crippen molar-refractivity contribution in [3.8, 4) is 0 Å². The molecule has 0 fully saturated rings. The molecule has 0 radical (unpaired) electrons. The van der Waals surface area contributed by atoms with Gasteiger partial charge in [-0.05, 0) is 59.8 Å². The lowest BCUT2D eigenvalue weighted by molar-refractivity contribution is 0.316. The molecule has 6 heteroatoms. The number of benzene rings is 3. The average molecular weight is 433 g/mol. The zero-order valence-corrected chi connectivity index (χ0v) is 18.3. The van der Waals surface area contributed by atoms with Crippen LogP contribution in [0.4, 0.5) is 14.6 Å². The van der Waals surface area contributed by atoms with Crippen molar-refractivity contribution in [1.82, 2.24) is 14.9 Å². The van der Waals surface area contributed by atoms with Crippen LogP contribution < -0.4 is 5.32 Å². The van der Waals surface area contributed by atoms with Gasteiger partial charge in [0.05, 0.1) is 5.52 Å². The highest BCUT2D eigenvalue weighted by molar-refractivity contribution is 6.01. The van der Waals surface area contributed by atoms with Crippen molar-refractivity contribution in [2.75, 3.05) is 31.5 Å². The van der Waals surface area contributed by atoms with Crippen LogP contribution in [0, 0.1) is 11.6 Å². The molecule has 0 saturated heterocycles. The minimum absolute atomic E-state index is 0.503. The molecule has 4 nitrogen and oxygen atoms in total. The number of fused-ring (bicyclic) bond motifs is 2. The van der Waals surface area contributed by atoms with Gasteiger partial charge in [-0.2, -0.15) is 0 Å². The molecule has 4 rings (SSSR count). The fraction of sp³-hybridized carbons (Fsp3) is 0.231. The molecule has 164 valence electrons. The molecule has 0 bridgehead atoms. The van der Waals surface area contributed by atoms with Crippen molar-refractivity contribution >= 4 is 39.6 Å². The largest absolute Gasteiger partial charge is 0.368 e. The molecular weight excluding hydrogens is 406 g/mol. The monoisotopic (exact) mass is 432 g/mol. The lowest BCUT2D eigenvalue weighted by atomic mass is 10.1. The smallest absolute Gasteiger partial charge is 0.159 e. The van der Waals surface area contributed by atoms with Crippen molar-refractivity contribution in [2.45, 2.75) is 13.8 Å². The van der Waals surface area contributed by atoms with Crippen LogP contribution in [0.15, 0.2) is 54.6 Å². The van der Waals surface area contributed by atoms with E-state index >= 15 is 0 Å². The number of hydrogen-bond acceptors (Lipinski definition) is 4. The quantitative estimate of drug-likeness (QED) is 0.348. The Morgan fingerprint density at radius 3 is 2.34 bits per heavy atom. The predicted molar refractivity (Wildman–Crippen MR) is 129 cm³/mol. The molecule has 0 saturated carbocycles. The van der Waals surface area contributed by atoms with Crippen LogP contribution in [0.3, 0.4) is 0 Å². The number of hydrogen-bond donors (Lipinski definition) is 1. The van der Waals surface area contributed by atoms with E-state index in [0.717, 1.165) is 65.8 Å². The Hall–Kier alpha value is -3.38. The zero-order chi connectivity index (χ0) is 22.5. The van der Waals surface area contributed by atoms with E-state index in [9.17, 15) is 8.78 Å². The van der Waals surface area contributed by atoms with Crippen LogP contribution >= 0.6 is 0 Å². The van der Waals surface area contributed by atoms with Crippen molar-refractivity contribution in [1.29, 1.82) is 0 Å². The van der Waals surface area contributed by atoms with Crippen molar-refractivity contribution < 1.29 is 8.78 Å². The summed E-state index contributed by atoms with van der Waals surface area (Å²) in [6.07, 6.45) is 3.40. The first kappa shape index (κ1) is 21.8. The Morgan fingerprint density at radius 2 is 1.62 bits per heavy atom. The summed E-state index contributed by atoms with van der Waals surface area (Å²) in [6, 6.07) is 16.1. The van der Waals surface area contributed by atoms with Gasteiger partial charge in [0.1, 0.15) is 5.82 Å². The Bertz CT molecular complexity index is 1270. The SMILES string of the molecule is CCN(CC)CCNc1nc(C=Cc2ccc(F)c(F)c2)nc2cc3ccccc3cc12. The summed E-state index contributed by atoms with van der Waals surface area (Å²) in [4.78, 5) is 11.8. The summed E-state index contributed by atoms with van der Waals surface area (Å²) in [7, 11) is 0. The van der Waals surface area contributed by atoms with E-state index in [4.69, 9.17) is 9.97 Å². The number of aromatic nitrogens is 2. The number of halogens is 2. The minimum atomic E-state index is -0.878. The summed E-state index contributed by atoms with van der Waals surface area (Å²) < 4.78 is 26.7. The summed E-state index contributed by atoms with van der Waals surface area (Å²) >= 11 is 0. The molecule has 0 atom stereocenters. The first-order chi connectivity index (χ1) is 15.6. The third-order valence-electron chi connectivity index (χ3n) is 5.56. The van der Waals surface area contributed by atoms with Crippen LogP contribution in [0.5, 0.6) is 0 Å². The summed E-state index contributed by atoms with van der Waals surface area (Å²) in [6.45, 7) is 7.96. The second kappa shape index (κ2) is 9.83. The maximum atomic E-state index is 13.5. The minimum Gasteiger partial charge on any atom is -0.368 e. The molecule has 0 aliphatic heterocycles.